The van der Waals surface area contributed by atoms with Crippen LogP contribution in [0.25, 0.3) is 5.76 Å². The lowest BCUT2D eigenvalue weighted by Gasteiger charge is -2.26. The first kappa shape index (κ1) is 27.7. The van der Waals surface area contributed by atoms with Gasteiger partial charge in [0.2, 0.25) is 0 Å². The van der Waals surface area contributed by atoms with Gasteiger partial charge in [0.25, 0.3) is 11.7 Å². The molecular formula is C31H33NO7. The highest BCUT2D eigenvalue weighted by atomic mass is 16.5. The Hall–Kier alpha value is -4.30. The Kier molecular flexibility index (Phi) is 9.22. The minimum atomic E-state index is -0.814. The maximum Gasteiger partial charge on any atom is 0.295 e. The van der Waals surface area contributed by atoms with Crippen molar-refractivity contribution in [3.63, 3.8) is 0 Å². The Morgan fingerprint density at radius 3 is 2.33 bits per heavy atom. The number of rotatable bonds is 12. The average Bonchev–Trinajstić information content (AvgIpc) is 3.22. The van der Waals surface area contributed by atoms with E-state index < -0.39 is 17.7 Å². The third kappa shape index (κ3) is 6.23. The van der Waals surface area contributed by atoms with Gasteiger partial charge in [-0.15, -0.1) is 0 Å². The standard InChI is InChI=1S/C31H33NO7/c1-4-38-26-19-23(13-16-25(26)39-20-21-9-6-5-7-10-21)28-27(29(33)22-11-14-24(37-3)15-12-22)30(34)31(35)32(28)17-8-18-36-2/h5-7,9-16,19,28,33H,4,8,17-18,20H2,1-3H3/b29-27+. The van der Waals surface area contributed by atoms with Crippen molar-refractivity contribution in [1.29, 1.82) is 0 Å². The molecule has 8 heteroatoms. The second-order valence-corrected chi connectivity index (χ2v) is 8.98. The van der Waals surface area contributed by atoms with Gasteiger partial charge in [-0.2, -0.15) is 0 Å². The second-order valence-electron chi connectivity index (χ2n) is 8.98. The maximum atomic E-state index is 13.3. The molecule has 4 rings (SSSR count). The Bertz CT molecular complexity index is 1320. The largest absolute Gasteiger partial charge is 0.507 e. The van der Waals surface area contributed by atoms with Crippen molar-refractivity contribution < 1.29 is 33.6 Å². The van der Waals surface area contributed by atoms with Crippen molar-refractivity contribution in [2.75, 3.05) is 34.0 Å². The summed E-state index contributed by atoms with van der Waals surface area (Å²) in [5.41, 5.74) is 2.05. The highest BCUT2D eigenvalue weighted by Gasteiger charge is 2.46. The van der Waals surface area contributed by atoms with E-state index in [2.05, 4.69) is 0 Å². The highest BCUT2D eigenvalue weighted by molar-refractivity contribution is 6.46. The zero-order chi connectivity index (χ0) is 27.8. The third-order valence-corrected chi connectivity index (χ3v) is 6.47. The first-order valence-electron chi connectivity index (χ1n) is 12.8. The number of amides is 1. The fourth-order valence-corrected chi connectivity index (χ4v) is 4.56. The van der Waals surface area contributed by atoms with Crippen LogP contribution in [-0.2, 0) is 20.9 Å². The molecule has 0 aliphatic carbocycles. The summed E-state index contributed by atoms with van der Waals surface area (Å²) in [6.07, 6.45) is 0.527. The molecule has 1 unspecified atom stereocenters. The van der Waals surface area contributed by atoms with Crippen LogP contribution < -0.4 is 14.2 Å². The molecule has 3 aromatic carbocycles. The molecule has 0 aromatic heterocycles. The summed E-state index contributed by atoms with van der Waals surface area (Å²) in [5.74, 6) is -0.0383. The summed E-state index contributed by atoms with van der Waals surface area (Å²) in [7, 11) is 3.13. The second kappa shape index (κ2) is 13.0. The van der Waals surface area contributed by atoms with Crippen molar-refractivity contribution in [2.24, 2.45) is 0 Å². The van der Waals surface area contributed by atoms with E-state index in [0.717, 1.165) is 5.56 Å². The predicted octanol–water partition coefficient (Wildman–Crippen LogP) is 5.13. The number of ketones is 1. The number of nitrogens with zero attached hydrogens (tertiary/aromatic N) is 1. The molecule has 1 heterocycles. The molecule has 204 valence electrons. The number of aliphatic hydroxyl groups excluding tert-OH is 1. The Morgan fingerprint density at radius 2 is 1.67 bits per heavy atom. The minimum Gasteiger partial charge on any atom is -0.507 e. The monoisotopic (exact) mass is 531 g/mol. The predicted molar refractivity (Wildman–Crippen MR) is 147 cm³/mol. The van der Waals surface area contributed by atoms with E-state index in [1.54, 1.807) is 56.7 Å². The summed E-state index contributed by atoms with van der Waals surface area (Å²) in [6, 6.07) is 21.0. The quantitative estimate of drug-likeness (QED) is 0.150. The fraction of sp³-hybridized carbons (Fsp3) is 0.290. The number of carbonyl (C=O) groups is 2. The number of carbonyl (C=O) groups excluding carboxylic acids is 2. The van der Waals surface area contributed by atoms with Gasteiger partial charge in [-0.05, 0) is 60.9 Å². The highest BCUT2D eigenvalue weighted by Crippen LogP contribution is 2.42. The summed E-state index contributed by atoms with van der Waals surface area (Å²) in [5, 5.41) is 11.3. The van der Waals surface area contributed by atoms with Gasteiger partial charge < -0.3 is 29.0 Å². The molecular weight excluding hydrogens is 498 g/mol. The number of hydrogen-bond donors (Lipinski definition) is 1. The first-order valence-corrected chi connectivity index (χ1v) is 12.8. The molecule has 8 nitrogen and oxygen atoms in total. The van der Waals surface area contributed by atoms with Crippen molar-refractivity contribution in [1.82, 2.24) is 4.90 Å². The Morgan fingerprint density at radius 1 is 0.923 bits per heavy atom. The van der Waals surface area contributed by atoms with Crippen LogP contribution in [0, 0.1) is 0 Å². The number of methoxy groups -OCH3 is 2. The molecule has 1 fully saturated rings. The van der Waals surface area contributed by atoms with Gasteiger partial charge in [-0.1, -0.05) is 36.4 Å². The van der Waals surface area contributed by atoms with Crippen LogP contribution in [0.5, 0.6) is 17.2 Å². The van der Waals surface area contributed by atoms with E-state index in [9.17, 15) is 14.7 Å². The van der Waals surface area contributed by atoms with E-state index >= 15 is 0 Å². The van der Waals surface area contributed by atoms with E-state index in [1.807, 2.05) is 37.3 Å². The van der Waals surface area contributed by atoms with Crippen LogP contribution in [0.15, 0.2) is 78.4 Å². The van der Waals surface area contributed by atoms with Gasteiger partial charge >= 0.3 is 0 Å². The van der Waals surface area contributed by atoms with Gasteiger partial charge in [0, 0.05) is 25.8 Å². The van der Waals surface area contributed by atoms with Crippen molar-refractivity contribution >= 4 is 17.4 Å². The molecule has 1 N–H and O–H groups in total. The third-order valence-electron chi connectivity index (χ3n) is 6.47. The SMILES string of the molecule is CCOc1cc(C2/C(=C(\O)c3ccc(OC)cc3)C(=O)C(=O)N2CCCOC)ccc1OCc1ccccc1. The Balaban J connectivity index is 1.75. The van der Waals surface area contributed by atoms with Gasteiger partial charge in [0.15, 0.2) is 11.5 Å². The number of aliphatic hydroxyl groups is 1. The van der Waals surface area contributed by atoms with Crippen LogP contribution in [-0.4, -0.2) is 55.7 Å². The van der Waals surface area contributed by atoms with Crippen LogP contribution >= 0.6 is 0 Å². The zero-order valence-electron chi connectivity index (χ0n) is 22.4. The van der Waals surface area contributed by atoms with Gasteiger partial charge in [-0.25, -0.2) is 0 Å². The topological polar surface area (TPSA) is 94.5 Å². The van der Waals surface area contributed by atoms with Crippen LogP contribution in [0.1, 0.15) is 36.1 Å². The number of likely N-dealkylation sites (tertiary alicyclic amines) is 1. The number of hydrogen-bond acceptors (Lipinski definition) is 7. The normalized spacial score (nSPS) is 16.4. The minimum absolute atomic E-state index is 0.0167. The van der Waals surface area contributed by atoms with E-state index in [1.165, 1.54) is 4.90 Å². The van der Waals surface area contributed by atoms with Crippen molar-refractivity contribution in [3.8, 4) is 17.2 Å². The lowest BCUT2D eigenvalue weighted by atomic mass is 9.95. The first-order chi connectivity index (χ1) is 19.0. The van der Waals surface area contributed by atoms with Crippen LogP contribution in [0.4, 0.5) is 0 Å². The molecule has 1 aliphatic rings. The maximum absolute atomic E-state index is 13.3. The summed E-state index contributed by atoms with van der Waals surface area (Å²) in [4.78, 5) is 27.9. The molecule has 3 aromatic rings. The summed E-state index contributed by atoms with van der Waals surface area (Å²) >= 11 is 0. The number of benzene rings is 3. The number of ether oxygens (including phenoxy) is 4. The average molecular weight is 532 g/mol. The lowest BCUT2D eigenvalue weighted by molar-refractivity contribution is -0.140. The molecule has 1 atom stereocenters. The van der Waals surface area contributed by atoms with Crippen molar-refractivity contribution in [2.45, 2.75) is 26.0 Å². The van der Waals surface area contributed by atoms with E-state index in [4.69, 9.17) is 18.9 Å². The summed E-state index contributed by atoms with van der Waals surface area (Å²) < 4.78 is 22.3. The Labute approximate surface area is 228 Å². The molecule has 0 bridgehead atoms. The van der Waals surface area contributed by atoms with E-state index in [-0.39, 0.29) is 17.9 Å². The molecule has 0 spiro atoms. The summed E-state index contributed by atoms with van der Waals surface area (Å²) in [6.45, 7) is 3.32. The molecule has 1 aliphatic heterocycles. The molecule has 39 heavy (non-hydrogen) atoms. The smallest absolute Gasteiger partial charge is 0.295 e. The zero-order valence-corrected chi connectivity index (χ0v) is 22.4. The van der Waals surface area contributed by atoms with Crippen LogP contribution in [0.3, 0.4) is 0 Å². The molecule has 0 radical (unpaired) electrons. The number of Topliss-reactive ketones (excluding diaryl/α,β-unsaturated/α-hetero) is 1. The van der Waals surface area contributed by atoms with Gasteiger partial charge in [-0.3, -0.25) is 9.59 Å². The molecule has 1 saturated heterocycles. The lowest BCUT2D eigenvalue weighted by Crippen LogP contribution is -2.31. The van der Waals surface area contributed by atoms with Gasteiger partial charge in [0.1, 0.15) is 18.1 Å². The van der Waals surface area contributed by atoms with Crippen LogP contribution in [0.2, 0.25) is 0 Å². The van der Waals surface area contributed by atoms with E-state index in [0.29, 0.717) is 54.6 Å². The van der Waals surface area contributed by atoms with Gasteiger partial charge in [0.05, 0.1) is 25.3 Å². The molecule has 1 amide bonds. The molecule has 0 saturated carbocycles. The fourth-order valence-electron chi connectivity index (χ4n) is 4.56. The van der Waals surface area contributed by atoms with Crippen molar-refractivity contribution in [3.05, 3.63) is 95.1 Å².